The van der Waals surface area contributed by atoms with E-state index >= 15 is 0 Å². The van der Waals surface area contributed by atoms with Gasteiger partial charge in [0.25, 0.3) is 0 Å². The number of likely N-dealkylation sites (tertiary alicyclic amines) is 1. The van der Waals surface area contributed by atoms with Gasteiger partial charge < -0.3 is 43.4 Å². The summed E-state index contributed by atoms with van der Waals surface area (Å²) in [6.07, 6.45) is 2.06. The van der Waals surface area contributed by atoms with Gasteiger partial charge in [-0.1, -0.05) is 0 Å². The van der Waals surface area contributed by atoms with Crippen molar-refractivity contribution in [2.24, 2.45) is 17.2 Å². The topological polar surface area (TPSA) is 249 Å². The molecule has 0 aromatic rings. The first-order chi connectivity index (χ1) is 18.3. The lowest BCUT2D eigenvalue weighted by atomic mass is 10.1. The third-order valence-electron chi connectivity index (χ3n) is 6.30. The van der Waals surface area contributed by atoms with Crippen molar-refractivity contribution >= 4 is 41.4 Å². The highest BCUT2D eigenvalue weighted by Gasteiger charge is 2.39. The van der Waals surface area contributed by atoms with Crippen molar-refractivity contribution in [2.75, 3.05) is 13.1 Å². The fraction of sp³-hybridized carbons (Fsp3) is 0.708. The Bertz CT molecular complexity index is 928. The number of primary amides is 2. The Morgan fingerprint density at radius 3 is 1.97 bits per heavy atom. The first-order valence-corrected chi connectivity index (χ1v) is 13.0. The van der Waals surface area contributed by atoms with E-state index in [9.17, 15) is 33.6 Å². The first-order valence-electron chi connectivity index (χ1n) is 13.0. The molecule has 0 aliphatic carbocycles. The number of nitrogens with two attached hydrogens (primary N) is 3. The maximum atomic E-state index is 13.4. The van der Waals surface area contributed by atoms with Gasteiger partial charge in [0, 0.05) is 19.9 Å². The molecule has 0 bridgehead atoms. The van der Waals surface area contributed by atoms with E-state index in [2.05, 4.69) is 21.3 Å². The number of carbonyl (C=O) groups is 7. The zero-order valence-electron chi connectivity index (χ0n) is 22.8. The second-order valence-corrected chi connectivity index (χ2v) is 9.66. The molecule has 0 saturated carbocycles. The van der Waals surface area contributed by atoms with Gasteiger partial charge in [0.05, 0.1) is 0 Å². The van der Waals surface area contributed by atoms with Gasteiger partial charge in [0.1, 0.15) is 30.2 Å². The van der Waals surface area contributed by atoms with Crippen LogP contribution >= 0.6 is 0 Å². The van der Waals surface area contributed by atoms with E-state index in [4.69, 9.17) is 17.2 Å². The van der Waals surface area contributed by atoms with Crippen LogP contribution in [-0.4, -0.2) is 89.5 Å². The SMILES string of the molecule is CC(=O)N[C@@H](C)C(=O)N[C@@H](CCC(N)=O)C(=O)N1CCC[C@H]1C(=O)N[C@@H](C)C(=O)N[C@@H](CCCCN)C(N)=O. The Morgan fingerprint density at radius 1 is 0.846 bits per heavy atom. The van der Waals surface area contributed by atoms with Gasteiger partial charge in [-0.15, -0.1) is 0 Å². The molecule has 39 heavy (non-hydrogen) atoms. The largest absolute Gasteiger partial charge is 0.370 e. The molecule has 15 nitrogen and oxygen atoms in total. The molecule has 7 amide bonds. The number of nitrogens with one attached hydrogen (secondary N) is 4. The van der Waals surface area contributed by atoms with Gasteiger partial charge in [-0.25, -0.2) is 0 Å². The molecule has 0 radical (unpaired) electrons. The molecule has 1 aliphatic rings. The fourth-order valence-electron chi connectivity index (χ4n) is 4.16. The summed E-state index contributed by atoms with van der Waals surface area (Å²) in [5.74, 6) is -4.27. The minimum Gasteiger partial charge on any atom is -0.370 e. The van der Waals surface area contributed by atoms with Crippen molar-refractivity contribution in [2.45, 2.75) is 95.9 Å². The van der Waals surface area contributed by atoms with Gasteiger partial charge in [-0.2, -0.15) is 0 Å². The third-order valence-corrected chi connectivity index (χ3v) is 6.30. The van der Waals surface area contributed by atoms with E-state index in [1.807, 2.05) is 0 Å². The molecule has 5 atom stereocenters. The van der Waals surface area contributed by atoms with Crippen LogP contribution in [0.1, 0.15) is 65.7 Å². The Balaban J connectivity index is 2.89. The van der Waals surface area contributed by atoms with Gasteiger partial charge >= 0.3 is 0 Å². The lowest BCUT2D eigenvalue weighted by molar-refractivity contribution is -0.142. The van der Waals surface area contributed by atoms with Crippen LogP contribution in [0.5, 0.6) is 0 Å². The van der Waals surface area contributed by atoms with Crippen molar-refractivity contribution in [3.63, 3.8) is 0 Å². The van der Waals surface area contributed by atoms with Crippen LogP contribution in [0.4, 0.5) is 0 Å². The lowest BCUT2D eigenvalue weighted by Gasteiger charge is -2.30. The molecule has 0 aromatic carbocycles. The van der Waals surface area contributed by atoms with E-state index in [0.717, 1.165) is 0 Å². The van der Waals surface area contributed by atoms with Crippen molar-refractivity contribution in [3.8, 4) is 0 Å². The van der Waals surface area contributed by atoms with Crippen molar-refractivity contribution in [3.05, 3.63) is 0 Å². The summed E-state index contributed by atoms with van der Waals surface area (Å²) < 4.78 is 0. The van der Waals surface area contributed by atoms with E-state index in [0.29, 0.717) is 38.6 Å². The molecule has 0 aromatic heterocycles. The first kappa shape index (κ1) is 33.3. The molecule has 220 valence electrons. The molecular weight excluding hydrogens is 512 g/mol. The highest BCUT2D eigenvalue weighted by atomic mass is 16.2. The Hall–Kier alpha value is -3.75. The van der Waals surface area contributed by atoms with Gasteiger partial charge in [-0.05, 0) is 58.9 Å². The van der Waals surface area contributed by atoms with Crippen LogP contribution in [0.15, 0.2) is 0 Å². The van der Waals surface area contributed by atoms with Crippen molar-refractivity contribution in [1.29, 1.82) is 0 Å². The average molecular weight is 555 g/mol. The van der Waals surface area contributed by atoms with Crippen LogP contribution < -0.4 is 38.5 Å². The second kappa shape index (κ2) is 16.3. The Kier molecular flexibility index (Phi) is 13.9. The number of nitrogens with zero attached hydrogens (tertiary/aromatic N) is 1. The summed E-state index contributed by atoms with van der Waals surface area (Å²) in [7, 11) is 0. The molecule has 0 spiro atoms. The minimum atomic E-state index is -1.17. The summed E-state index contributed by atoms with van der Waals surface area (Å²) in [5, 5.41) is 10.0. The van der Waals surface area contributed by atoms with E-state index in [-0.39, 0.29) is 19.4 Å². The molecule has 1 heterocycles. The quantitative estimate of drug-likeness (QED) is 0.0957. The molecule has 0 unspecified atom stereocenters. The number of carbonyl (C=O) groups excluding carboxylic acids is 7. The molecule has 10 N–H and O–H groups in total. The minimum absolute atomic E-state index is 0.102. The second-order valence-electron chi connectivity index (χ2n) is 9.66. The highest BCUT2D eigenvalue weighted by Crippen LogP contribution is 2.20. The van der Waals surface area contributed by atoms with Gasteiger partial charge in [-0.3, -0.25) is 33.6 Å². The van der Waals surface area contributed by atoms with Gasteiger partial charge in [0.15, 0.2) is 0 Å². The summed E-state index contributed by atoms with van der Waals surface area (Å²) in [6, 6.07) is -4.98. The third kappa shape index (κ3) is 11.3. The standard InChI is InChI=1S/C24H42N8O7/c1-13(28-15(3)33)21(36)31-17(9-10-19(26)34)24(39)32-12-6-8-18(32)23(38)29-14(2)22(37)30-16(20(27)35)7-4-5-11-25/h13-14,16-18H,4-12,25H2,1-3H3,(H2,26,34)(H2,27,35)(H,28,33)(H,29,38)(H,30,37)(H,31,36)/t13-,14-,16-,17-,18-/m0/s1. The maximum Gasteiger partial charge on any atom is 0.245 e. The zero-order chi connectivity index (χ0) is 29.7. The van der Waals surface area contributed by atoms with Crippen LogP contribution in [0, 0.1) is 0 Å². The summed E-state index contributed by atoms with van der Waals surface area (Å²) in [5.41, 5.74) is 16.1. The molecule has 1 saturated heterocycles. The fourth-order valence-corrected chi connectivity index (χ4v) is 4.16. The van der Waals surface area contributed by atoms with Gasteiger partial charge in [0.2, 0.25) is 41.4 Å². The lowest BCUT2D eigenvalue weighted by Crippen LogP contribution is -2.58. The normalized spacial score (nSPS) is 17.7. The van der Waals surface area contributed by atoms with E-state index in [1.165, 1.54) is 25.7 Å². The van der Waals surface area contributed by atoms with Crippen molar-refractivity contribution < 1.29 is 33.6 Å². The maximum absolute atomic E-state index is 13.4. The number of amides is 7. The highest BCUT2D eigenvalue weighted by molar-refractivity contribution is 5.96. The van der Waals surface area contributed by atoms with E-state index in [1.54, 1.807) is 0 Å². The summed E-state index contributed by atoms with van der Waals surface area (Å²) in [4.78, 5) is 87.2. The number of hydrogen-bond donors (Lipinski definition) is 7. The smallest absolute Gasteiger partial charge is 0.245 e. The van der Waals surface area contributed by atoms with Crippen LogP contribution in [0.3, 0.4) is 0 Å². The summed E-state index contributed by atoms with van der Waals surface area (Å²) >= 11 is 0. The monoisotopic (exact) mass is 554 g/mol. The molecule has 1 rings (SSSR count). The number of unbranched alkanes of at least 4 members (excludes halogenated alkanes) is 1. The predicted octanol–water partition coefficient (Wildman–Crippen LogP) is -3.14. The molecule has 15 heteroatoms. The van der Waals surface area contributed by atoms with Crippen LogP contribution in [0.25, 0.3) is 0 Å². The van der Waals surface area contributed by atoms with Crippen LogP contribution in [-0.2, 0) is 33.6 Å². The Morgan fingerprint density at radius 2 is 1.44 bits per heavy atom. The van der Waals surface area contributed by atoms with Crippen LogP contribution in [0.2, 0.25) is 0 Å². The molecule has 1 aliphatic heterocycles. The molecule has 1 fully saturated rings. The van der Waals surface area contributed by atoms with Crippen molar-refractivity contribution in [1.82, 2.24) is 26.2 Å². The Labute approximate surface area is 227 Å². The van der Waals surface area contributed by atoms with E-state index < -0.39 is 71.6 Å². The predicted molar refractivity (Wildman–Crippen MR) is 140 cm³/mol. The zero-order valence-corrected chi connectivity index (χ0v) is 22.8. The number of rotatable bonds is 16. The summed E-state index contributed by atoms with van der Waals surface area (Å²) in [6.45, 7) is 4.76. The molecular formula is C24H42N8O7. The number of hydrogen-bond acceptors (Lipinski definition) is 8. The average Bonchev–Trinajstić information content (AvgIpc) is 3.34.